The molecule has 7 nitrogen and oxygen atoms in total. The maximum absolute atomic E-state index is 11.8. The third-order valence-electron chi connectivity index (χ3n) is 2.65. The Morgan fingerprint density at radius 2 is 2.10 bits per heavy atom. The summed E-state index contributed by atoms with van der Waals surface area (Å²) in [6, 6.07) is 5.57. The second-order valence-corrected chi connectivity index (χ2v) is 4.08. The maximum Gasteiger partial charge on any atom is 0.407 e. The van der Waals surface area contributed by atoms with Crippen LogP contribution in [0.25, 0.3) is 0 Å². The van der Waals surface area contributed by atoms with E-state index in [1.54, 1.807) is 31.2 Å². The summed E-state index contributed by atoms with van der Waals surface area (Å²) in [5.74, 6) is -0.790. The van der Waals surface area contributed by atoms with Crippen molar-refractivity contribution in [2.45, 2.75) is 13.0 Å². The van der Waals surface area contributed by atoms with Crippen LogP contribution >= 0.6 is 0 Å². The minimum atomic E-state index is -0.702. The molecule has 1 unspecified atom stereocenters. The van der Waals surface area contributed by atoms with E-state index in [4.69, 9.17) is 4.74 Å². The summed E-state index contributed by atoms with van der Waals surface area (Å²) in [5, 5.41) is 4.99. The molecule has 7 heteroatoms. The predicted octanol–water partition coefficient (Wildman–Crippen LogP) is 0.910. The topological polar surface area (TPSA) is 93.7 Å². The molecule has 1 atom stereocenters. The molecule has 1 aliphatic heterocycles. The minimum absolute atomic E-state index is 0.00553. The number of nitrogens with one attached hydrogen (secondary N) is 2. The van der Waals surface area contributed by atoms with Gasteiger partial charge in [-0.15, -0.1) is 0 Å². The average Bonchev–Trinajstić information content (AvgIpc) is 2.86. The fraction of sp³-hybridized carbons (Fsp3) is 0.308. The highest BCUT2D eigenvalue weighted by molar-refractivity contribution is 5.98. The van der Waals surface area contributed by atoms with Crippen LogP contribution in [0.1, 0.15) is 17.3 Å². The molecule has 1 aromatic carbocycles. The summed E-state index contributed by atoms with van der Waals surface area (Å²) < 4.78 is 9.48. The monoisotopic (exact) mass is 278 g/mol. The number of esters is 1. The lowest BCUT2D eigenvalue weighted by Gasteiger charge is -2.09. The van der Waals surface area contributed by atoms with Crippen LogP contribution in [0.4, 0.5) is 10.5 Å². The van der Waals surface area contributed by atoms with Crippen LogP contribution < -0.4 is 10.6 Å². The number of alkyl carbamates (subject to hydrolysis) is 1. The Kier molecular flexibility index (Phi) is 4.19. The molecule has 2 amide bonds. The molecule has 106 valence electrons. The molecule has 2 rings (SSSR count). The van der Waals surface area contributed by atoms with Gasteiger partial charge < -0.3 is 20.1 Å². The second-order valence-electron chi connectivity index (χ2n) is 4.08. The Labute approximate surface area is 115 Å². The average molecular weight is 278 g/mol. The van der Waals surface area contributed by atoms with Crippen LogP contribution in [0.15, 0.2) is 24.3 Å². The quantitative estimate of drug-likeness (QED) is 0.798. The standard InChI is InChI=1S/C13H14N2O5/c1-2-19-12(17)8-3-5-9(6-4-8)14-11(16)10-7-20-13(18)15-10/h3-6,10H,2,7H2,1H3,(H,14,16)(H,15,18). The van der Waals surface area contributed by atoms with Crippen molar-refractivity contribution in [2.75, 3.05) is 18.5 Å². The number of anilines is 1. The third-order valence-corrected chi connectivity index (χ3v) is 2.65. The number of benzene rings is 1. The van der Waals surface area contributed by atoms with Crippen molar-refractivity contribution in [1.82, 2.24) is 5.32 Å². The number of rotatable bonds is 4. The zero-order valence-corrected chi connectivity index (χ0v) is 10.8. The first-order chi connectivity index (χ1) is 9.60. The van der Waals surface area contributed by atoms with Crippen LogP contribution in [0, 0.1) is 0 Å². The summed E-state index contributed by atoms with van der Waals surface area (Å²) in [4.78, 5) is 34.1. The molecule has 0 aliphatic carbocycles. The van der Waals surface area contributed by atoms with E-state index in [9.17, 15) is 14.4 Å². The van der Waals surface area contributed by atoms with Gasteiger partial charge in [-0.1, -0.05) is 0 Å². The highest BCUT2D eigenvalue weighted by atomic mass is 16.6. The van der Waals surface area contributed by atoms with Gasteiger partial charge in [-0.25, -0.2) is 9.59 Å². The smallest absolute Gasteiger partial charge is 0.407 e. The van der Waals surface area contributed by atoms with Crippen LogP contribution in [-0.4, -0.2) is 37.2 Å². The molecule has 0 spiro atoms. The van der Waals surface area contributed by atoms with Crippen molar-refractivity contribution in [3.63, 3.8) is 0 Å². The summed E-state index contributed by atoms with van der Waals surface area (Å²) in [5.41, 5.74) is 0.923. The van der Waals surface area contributed by atoms with Crippen molar-refractivity contribution < 1.29 is 23.9 Å². The first kappa shape index (κ1) is 13.9. The van der Waals surface area contributed by atoms with E-state index in [0.717, 1.165) is 0 Å². The number of ether oxygens (including phenoxy) is 2. The Hall–Kier alpha value is -2.57. The summed E-state index contributed by atoms with van der Waals surface area (Å²) in [6.45, 7) is 2.04. The van der Waals surface area contributed by atoms with E-state index < -0.39 is 18.1 Å². The largest absolute Gasteiger partial charge is 0.462 e. The van der Waals surface area contributed by atoms with Crippen molar-refractivity contribution in [2.24, 2.45) is 0 Å². The maximum atomic E-state index is 11.8. The summed E-state index contributed by atoms with van der Waals surface area (Å²) in [7, 11) is 0. The van der Waals surface area contributed by atoms with Gasteiger partial charge in [0.2, 0.25) is 0 Å². The number of amides is 2. The normalized spacial score (nSPS) is 17.1. The number of hydrogen-bond donors (Lipinski definition) is 2. The van der Waals surface area contributed by atoms with E-state index in [1.807, 2.05) is 0 Å². The van der Waals surface area contributed by atoms with E-state index in [2.05, 4.69) is 15.4 Å². The zero-order valence-electron chi connectivity index (χ0n) is 10.8. The van der Waals surface area contributed by atoms with Crippen LogP contribution in [0.2, 0.25) is 0 Å². The van der Waals surface area contributed by atoms with Gasteiger partial charge >= 0.3 is 12.1 Å². The Balaban J connectivity index is 1.95. The van der Waals surface area contributed by atoms with Crippen LogP contribution in [0.5, 0.6) is 0 Å². The fourth-order valence-electron chi connectivity index (χ4n) is 1.66. The van der Waals surface area contributed by atoms with Gasteiger partial charge in [-0.3, -0.25) is 4.79 Å². The third kappa shape index (κ3) is 3.25. The summed E-state index contributed by atoms with van der Waals surface area (Å²) >= 11 is 0. The molecule has 0 radical (unpaired) electrons. The molecule has 1 heterocycles. The fourth-order valence-corrected chi connectivity index (χ4v) is 1.66. The number of cyclic esters (lactones) is 1. The lowest BCUT2D eigenvalue weighted by Crippen LogP contribution is -2.38. The van der Waals surface area contributed by atoms with Gasteiger partial charge in [0.05, 0.1) is 12.2 Å². The number of hydrogen-bond acceptors (Lipinski definition) is 5. The molecule has 1 aliphatic rings. The number of carbonyl (C=O) groups excluding carboxylic acids is 3. The van der Waals surface area contributed by atoms with Gasteiger partial charge in [0.15, 0.2) is 0 Å². The molecule has 2 N–H and O–H groups in total. The van der Waals surface area contributed by atoms with E-state index >= 15 is 0 Å². The van der Waals surface area contributed by atoms with E-state index in [1.165, 1.54) is 0 Å². The van der Waals surface area contributed by atoms with Gasteiger partial charge in [0, 0.05) is 5.69 Å². The van der Waals surface area contributed by atoms with Gasteiger partial charge in [0.25, 0.3) is 5.91 Å². The van der Waals surface area contributed by atoms with Crippen molar-refractivity contribution >= 4 is 23.7 Å². The van der Waals surface area contributed by atoms with Crippen molar-refractivity contribution in [3.05, 3.63) is 29.8 Å². The molecule has 0 bridgehead atoms. The minimum Gasteiger partial charge on any atom is -0.462 e. The molecule has 1 aromatic rings. The molecule has 20 heavy (non-hydrogen) atoms. The second kappa shape index (κ2) is 6.05. The van der Waals surface area contributed by atoms with E-state index in [-0.39, 0.29) is 12.5 Å². The predicted molar refractivity (Wildman–Crippen MR) is 69.3 cm³/mol. The molecule has 0 saturated carbocycles. The Morgan fingerprint density at radius 1 is 1.40 bits per heavy atom. The summed E-state index contributed by atoms with van der Waals surface area (Å²) in [6.07, 6.45) is -0.609. The van der Waals surface area contributed by atoms with Crippen molar-refractivity contribution in [1.29, 1.82) is 0 Å². The van der Waals surface area contributed by atoms with Crippen molar-refractivity contribution in [3.8, 4) is 0 Å². The van der Waals surface area contributed by atoms with E-state index in [0.29, 0.717) is 17.9 Å². The number of carbonyl (C=O) groups is 3. The van der Waals surface area contributed by atoms with Crippen LogP contribution in [0.3, 0.4) is 0 Å². The lowest BCUT2D eigenvalue weighted by molar-refractivity contribution is -0.117. The molecular formula is C13H14N2O5. The highest BCUT2D eigenvalue weighted by Gasteiger charge is 2.28. The zero-order chi connectivity index (χ0) is 14.5. The molecular weight excluding hydrogens is 264 g/mol. The Morgan fingerprint density at radius 3 is 2.65 bits per heavy atom. The van der Waals surface area contributed by atoms with Gasteiger partial charge in [-0.2, -0.15) is 0 Å². The highest BCUT2D eigenvalue weighted by Crippen LogP contribution is 2.11. The first-order valence-electron chi connectivity index (χ1n) is 6.11. The molecule has 0 aromatic heterocycles. The first-order valence-corrected chi connectivity index (χ1v) is 6.11. The van der Waals surface area contributed by atoms with Gasteiger partial charge in [-0.05, 0) is 31.2 Å². The van der Waals surface area contributed by atoms with Gasteiger partial charge in [0.1, 0.15) is 12.6 Å². The molecule has 1 saturated heterocycles. The lowest BCUT2D eigenvalue weighted by atomic mass is 10.2. The van der Waals surface area contributed by atoms with Crippen LogP contribution in [-0.2, 0) is 14.3 Å². The Bertz CT molecular complexity index is 526. The SMILES string of the molecule is CCOC(=O)c1ccc(NC(=O)C2COC(=O)N2)cc1. The molecule has 1 fully saturated rings.